The van der Waals surface area contributed by atoms with Gasteiger partial charge in [0.2, 0.25) is 0 Å². The highest BCUT2D eigenvalue weighted by atomic mass is 32.2. The maximum absolute atomic E-state index is 11.5. The third-order valence-electron chi connectivity index (χ3n) is 3.92. The van der Waals surface area contributed by atoms with Gasteiger partial charge in [0, 0.05) is 11.8 Å². The van der Waals surface area contributed by atoms with Gasteiger partial charge < -0.3 is 9.47 Å². The zero-order chi connectivity index (χ0) is 17.7. The topological polar surface area (TPSA) is 60.5 Å². The second-order valence-electron chi connectivity index (χ2n) is 6.30. The standard InChI is InChI=1S/C19H22N2O3S/c1-19(2)15-13-14(8-9-16(15)21-18(22)24-19)23-11-5-6-12-25-17-7-3-4-10-20-17/h3-4,7-10,13H,5-6,11-12H2,1-2H3,(H,21,22). The van der Waals surface area contributed by atoms with Crippen molar-refractivity contribution in [3.05, 3.63) is 48.2 Å². The number of fused-ring (bicyclic) bond motifs is 1. The summed E-state index contributed by atoms with van der Waals surface area (Å²) in [5.74, 6) is 1.82. The molecule has 25 heavy (non-hydrogen) atoms. The number of aromatic nitrogens is 1. The minimum absolute atomic E-state index is 0.420. The largest absolute Gasteiger partial charge is 0.494 e. The van der Waals surface area contributed by atoms with Crippen LogP contribution in [0.1, 0.15) is 32.3 Å². The number of benzene rings is 1. The van der Waals surface area contributed by atoms with Crippen molar-refractivity contribution >= 4 is 23.5 Å². The van der Waals surface area contributed by atoms with Crippen LogP contribution in [0, 0.1) is 0 Å². The number of nitrogens with zero attached hydrogens (tertiary/aromatic N) is 1. The summed E-state index contributed by atoms with van der Waals surface area (Å²) in [7, 11) is 0. The average Bonchev–Trinajstić information content (AvgIpc) is 2.58. The Morgan fingerprint density at radius 1 is 1.24 bits per heavy atom. The van der Waals surface area contributed by atoms with Crippen molar-refractivity contribution in [2.75, 3.05) is 17.7 Å². The van der Waals surface area contributed by atoms with Gasteiger partial charge in [-0.2, -0.15) is 0 Å². The highest BCUT2D eigenvalue weighted by Gasteiger charge is 2.33. The normalized spacial score (nSPS) is 15.0. The van der Waals surface area contributed by atoms with E-state index in [-0.39, 0.29) is 0 Å². The van der Waals surface area contributed by atoms with E-state index in [4.69, 9.17) is 9.47 Å². The third kappa shape index (κ3) is 4.66. The Hall–Kier alpha value is -2.21. The zero-order valence-electron chi connectivity index (χ0n) is 14.5. The molecule has 1 aromatic carbocycles. The van der Waals surface area contributed by atoms with Gasteiger partial charge in [-0.3, -0.25) is 5.32 Å². The molecule has 0 saturated heterocycles. The summed E-state index contributed by atoms with van der Waals surface area (Å²) in [6, 6.07) is 11.6. The second-order valence-corrected chi connectivity index (χ2v) is 7.42. The molecule has 0 bridgehead atoms. The molecule has 0 spiro atoms. The number of carbonyl (C=O) groups excluding carboxylic acids is 1. The Labute approximate surface area is 152 Å². The van der Waals surface area contributed by atoms with Crippen LogP contribution < -0.4 is 10.1 Å². The number of pyridine rings is 1. The Morgan fingerprint density at radius 3 is 2.92 bits per heavy atom. The van der Waals surface area contributed by atoms with Crippen molar-refractivity contribution in [1.82, 2.24) is 4.98 Å². The van der Waals surface area contributed by atoms with Gasteiger partial charge in [-0.05, 0) is 62.8 Å². The van der Waals surface area contributed by atoms with Gasteiger partial charge in [0.25, 0.3) is 0 Å². The predicted molar refractivity (Wildman–Crippen MR) is 99.3 cm³/mol. The smallest absolute Gasteiger partial charge is 0.412 e. The molecule has 1 N–H and O–H groups in total. The van der Waals surface area contributed by atoms with Crippen LogP contribution in [0.25, 0.3) is 0 Å². The van der Waals surface area contributed by atoms with Crippen molar-refractivity contribution in [2.24, 2.45) is 0 Å². The summed E-state index contributed by atoms with van der Waals surface area (Å²) in [6.07, 6.45) is 3.44. The molecule has 0 saturated carbocycles. The molecule has 5 nitrogen and oxygen atoms in total. The number of thioether (sulfide) groups is 1. The molecule has 1 aromatic heterocycles. The van der Waals surface area contributed by atoms with Crippen LogP contribution in [0.4, 0.5) is 10.5 Å². The molecule has 0 fully saturated rings. The monoisotopic (exact) mass is 358 g/mol. The molecular formula is C19H22N2O3S. The van der Waals surface area contributed by atoms with Crippen molar-refractivity contribution in [1.29, 1.82) is 0 Å². The van der Waals surface area contributed by atoms with E-state index in [1.807, 2.05) is 56.4 Å². The van der Waals surface area contributed by atoms with E-state index in [1.54, 1.807) is 11.8 Å². The van der Waals surface area contributed by atoms with Crippen molar-refractivity contribution in [3.63, 3.8) is 0 Å². The van der Waals surface area contributed by atoms with E-state index < -0.39 is 11.7 Å². The van der Waals surface area contributed by atoms with Gasteiger partial charge in [-0.25, -0.2) is 9.78 Å². The van der Waals surface area contributed by atoms with Crippen LogP contribution in [0.3, 0.4) is 0 Å². The number of cyclic esters (lactones) is 1. The van der Waals surface area contributed by atoms with E-state index >= 15 is 0 Å². The summed E-state index contributed by atoms with van der Waals surface area (Å²) in [6.45, 7) is 4.42. The molecule has 3 rings (SSSR count). The first-order chi connectivity index (χ1) is 12.0. The number of hydrogen-bond donors (Lipinski definition) is 1. The Bertz CT molecular complexity index is 735. The number of ether oxygens (including phenoxy) is 2. The Morgan fingerprint density at radius 2 is 2.12 bits per heavy atom. The number of rotatable bonds is 7. The van der Waals surface area contributed by atoms with E-state index in [1.165, 1.54) is 0 Å². The molecular weight excluding hydrogens is 336 g/mol. The average molecular weight is 358 g/mol. The van der Waals surface area contributed by atoms with Crippen LogP contribution in [0.15, 0.2) is 47.6 Å². The van der Waals surface area contributed by atoms with Crippen LogP contribution in [-0.4, -0.2) is 23.4 Å². The Kier molecular flexibility index (Phi) is 5.48. The lowest BCUT2D eigenvalue weighted by Gasteiger charge is -2.32. The van der Waals surface area contributed by atoms with Gasteiger partial charge in [0.05, 0.1) is 17.3 Å². The lowest BCUT2D eigenvalue weighted by atomic mass is 9.94. The zero-order valence-corrected chi connectivity index (χ0v) is 15.3. The van der Waals surface area contributed by atoms with Crippen molar-refractivity contribution in [2.45, 2.75) is 37.3 Å². The number of hydrogen-bond acceptors (Lipinski definition) is 5. The van der Waals surface area contributed by atoms with Gasteiger partial charge in [0.1, 0.15) is 11.4 Å². The van der Waals surface area contributed by atoms with Gasteiger partial charge in [-0.15, -0.1) is 11.8 Å². The molecule has 1 aliphatic rings. The molecule has 1 aliphatic heterocycles. The first-order valence-corrected chi connectivity index (χ1v) is 9.34. The minimum Gasteiger partial charge on any atom is -0.494 e. The van der Waals surface area contributed by atoms with Crippen LogP contribution in [0.2, 0.25) is 0 Å². The molecule has 0 aliphatic carbocycles. The van der Waals surface area contributed by atoms with E-state index in [9.17, 15) is 4.79 Å². The fourth-order valence-corrected chi connectivity index (χ4v) is 3.51. The molecule has 0 atom stereocenters. The van der Waals surface area contributed by atoms with Crippen molar-refractivity contribution in [3.8, 4) is 5.75 Å². The molecule has 1 amide bonds. The highest BCUT2D eigenvalue weighted by Crippen LogP contribution is 2.37. The first kappa shape index (κ1) is 17.6. The molecule has 0 radical (unpaired) electrons. The predicted octanol–water partition coefficient (Wildman–Crippen LogP) is 4.83. The summed E-state index contributed by atoms with van der Waals surface area (Å²) >= 11 is 1.76. The summed E-state index contributed by atoms with van der Waals surface area (Å²) < 4.78 is 11.2. The van der Waals surface area contributed by atoms with E-state index in [2.05, 4.69) is 10.3 Å². The van der Waals surface area contributed by atoms with E-state index in [0.29, 0.717) is 6.61 Å². The minimum atomic E-state index is -0.656. The first-order valence-electron chi connectivity index (χ1n) is 8.36. The number of amides is 1. The maximum Gasteiger partial charge on any atom is 0.412 e. The number of anilines is 1. The quantitative estimate of drug-likeness (QED) is 0.567. The van der Waals surface area contributed by atoms with Gasteiger partial charge in [0.15, 0.2) is 0 Å². The lowest BCUT2D eigenvalue weighted by molar-refractivity contribution is 0.0418. The highest BCUT2D eigenvalue weighted by molar-refractivity contribution is 7.99. The third-order valence-corrected chi connectivity index (χ3v) is 4.95. The molecule has 2 heterocycles. The van der Waals surface area contributed by atoms with Crippen LogP contribution in [-0.2, 0) is 10.3 Å². The number of unbranched alkanes of at least 4 members (excludes halogenated alkanes) is 1. The number of nitrogens with one attached hydrogen (secondary N) is 1. The fraction of sp³-hybridized carbons (Fsp3) is 0.368. The Balaban J connectivity index is 1.45. The van der Waals surface area contributed by atoms with Gasteiger partial charge >= 0.3 is 6.09 Å². The lowest BCUT2D eigenvalue weighted by Crippen LogP contribution is -2.34. The second kappa shape index (κ2) is 7.78. The van der Waals surface area contributed by atoms with Crippen LogP contribution in [0.5, 0.6) is 5.75 Å². The molecule has 2 aromatic rings. The van der Waals surface area contributed by atoms with Crippen molar-refractivity contribution < 1.29 is 14.3 Å². The summed E-state index contributed by atoms with van der Waals surface area (Å²) in [4.78, 5) is 15.8. The molecule has 0 unspecified atom stereocenters. The van der Waals surface area contributed by atoms with E-state index in [0.717, 1.165) is 40.6 Å². The summed E-state index contributed by atoms with van der Waals surface area (Å²) in [5.41, 5.74) is 1.05. The van der Waals surface area contributed by atoms with Crippen LogP contribution >= 0.6 is 11.8 Å². The maximum atomic E-state index is 11.5. The molecule has 132 valence electrons. The van der Waals surface area contributed by atoms with Gasteiger partial charge in [-0.1, -0.05) is 6.07 Å². The number of carbonyl (C=O) groups is 1. The SMILES string of the molecule is CC1(C)OC(=O)Nc2ccc(OCCCCSc3ccccn3)cc21. The fourth-order valence-electron chi connectivity index (χ4n) is 2.65. The summed E-state index contributed by atoms with van der Waals surface area (Å²) in [5, 5.41) is 3.77. The molecule has 6 heteroatoms.